The lowest BCUT2D eigenvalue weighted by Crippen LogP contribution is -2.05. The lowest BCUT2D eigenvalue weighted by Gasteiger charge is -2.07. The molecule has 0 aliphatic rings. The van der Waals surface area contributed by atoms with Crippen molar-refractivity contribution in [2.45, 2.75) is 20.0 Å². The highest BCUT2D eigenvalue weighted by molar-refractivity contribution is 5.31. The van der Waals surface area contributed by atoms with Crippen LogP contribution in [0.25, 0.3) is 0 Å². The minimum atomic E-state index is -3.16. The van der Waals surface area contributed by atoms with Gasteiger partial charge in [0.15, 0.2) is 11.6 Å². The van der Waals surface area contributed by atoms with Gasteiger partial charge in [-0.1, -0.05) is 6.92 Å². The Bertz CT molecular complexity index is 325. The van der Waals surface area contributed by atoms with Gasteiger partial charge in [-0.15, -0.1) is 0 Å². The minimum absolute atomic E-state index is 0.402. The molecule has 0 fully saturated rings. The second-order valence-electron chi connectivity index (χ2n) is 2.62. The van der Waals surface area contributed by atoms with E-state index in [0.717, 1.165) is 12.1 Å². The maximum Gasteiger partial charge on any atom is 0.387 e. The van der Waals surface area contributed by atoms with Crippen molar-refractivity contribution in [3.05, 3.63) is 29.3 Å². The van der Waals surface area contributed by atoms with Gasteiger partial charge >= 0.3 is 6.61 Å². The highest BCUT2D eigenvalue weighted by atomic mass is 19.3. The third-order valence-corrected chi connectivity index (χ3v) is 1.68. The molecule has 0 amide bonds. The molecule has 0 heterocycles. The molecule has 0 saturated heterocycles. The molecule has 0 saturated carbocycles. The number of rotatable bonds is 3. The van der Waals surface area contributed by atoms with E-state index in [-0.39, 0.29) is 0 Å². The van der Waals surface area contributed by atoms with E-state index in [0.29, 0.717) is 12.0 Å². The van der Waals surface area contributed by atoms with Crippen LogP contribution in [-0.2, 0) is 6.42 Å². The molecular weight excluding hydrogens is 200 g/mol. The molecule has 0 atom stereocenters. The molecule has 1 rings (SSSR count). The van der Waals surface area contributed by atoms with Gasteiger partial charge in [0.2, 0.25) is 5.82 Å². The second-order valence-corrected chi connectivity index (χ2v) is 2.62. The van der Waals surface area contributed by atoms with Gasteiger partial charge in [-0.05, 0) is 24.1 Å². The van der Waals surface area contributed by atoms with Crippen molar-refractivity contribution in [3.8, 4) is 5.75 Å². The van der Waals surface area contributed by atoms with E-state index in [1.807, 2.05) is 0 Å². The normalized spacial score (nSPS) is 10.7. The van der Waals surface area contributed by atoms with Crippen molar-refractivity contribution in [3.63, 3.8) is 0 Å². The van der Waals surface area contributed by atoms with Gasteiger partial charge in [0.1, 0.15) is 0 Å². The average molecular weight is 208 g/mol. The first-order valence-corrected chi connectivity index (χ1v) is 3.97. The van der Waals surface area contributed by atoms with Crippen molar-refractivity contribution in [1.29, 1.82) is 0 Å². The van der Waals surface area contributed by atoms with Crippen LogP contribution in [0.2, 0.25) is 0 Å². The van der Waals surface area contributed by atoms with Crippen LogP contribution in [0.1, 0.15) is 12.5 Å². The van der Waals surface area contributed by atoms with Crippen molar-refractivity contribution in [2.75, 3.05) is 0 Å². The Hall–Kier alpha value is -1.26. The smallest absolute Gasteiger partial charge is 0.387 e. The molecule has 0 aromatic heterocycles. The molecular formula is C9H8F4O. The fourth-order valence-electron chi connectivity index (χ4n) is 1.00. The van der Waals surface area contributed by atoms with E-state index >= 15 is 0 Å². The largest absolute Gasteiger partial charge is 0.432 e. The first-order valence-electron chi connectivity index (χ1n) is 3.97. The van der Waals surface area contributed by atoms with Crippen molar-refractivity contribution >= 4 is 0 Å². The minimum Gasteiger partial charge on any atom is -0.432 e. The van der Waals surface area contributed by atoms with Crippen LogP contribution in [0, 0.1) is 11.6 Å². The fraction of sp³-hybridized carbons (Fsp3) is 0.333. The maximum atomic E-state index is 12.8. The molecule has 5 heteroatoms. The Morgan fingerprint density at radius 1 is 1.29 bits per heavy atom. The van der Waals surface area contributed by atoms with Crippen molar-refractivity contribution in [2.24, 2.45) is 0 Å². The summed E-state index contributed by atoms with van der Waals surface area (Å²) in [7, 11) is 0. The Kier molecular flexibility index (Phi) is 3.33. The third-order valence-electron chi connectivity index (χ3n) is 1.68. The highest BCUT2D eigenvalue weighted by Crippen LogP contribution is 2.24. The van der Waals surface area contributed by atoms with Crippen LogP contribution in [0.3, 0.4) is 0 Å². The lowest BCUT2D eigenvalue weighted by molar-refractivity contribution is -0.0525. The molecule has 0 bridgehead atoms. The Morgan fingerprint density at radius 2 is 1.93 bits per heavy atom. The number of halogens is 4. The van der Waals surface area contributed by atoms with Gasteiger partial charge in [0.05, 0.1) is 0 Å². The summed E-state index contributed by atoms with van der Waals surface area (Å²) in [5, 5.41) is 0. The predicted octanol–water partition coefficient (Wildman–Crippen LogP) is 3.13. The molecule has 0 spiro atoms. The maximum absolute atomic E-state index is 12.8. The molecule has 0 aliphatic heterocycles. The van der Waals surface area contributed by atoms with Gasteiger partial charge in [-0.25, -0.2) is 4.39 Å². The highest BCUT2D eigenvalue weighted by Gasteiger charge is 2.14. The first kappa shape index (κ1) is 10.8. The molecule has 0 radical (unpaired) electrons. The van der Waals surface area contributed by atoms with Crippen molar-refractivity contribution in [1.82, 2.24) is 0 Å². The molecule has 1 nitrogen and oxygen atoms in total. The molecule has 14 heavy (non-hydrogen) atoms. The number of aryl methyl sites for hydroxylation is 1. The zero-order chi connectivity index (χ0) is 10.7. The van der Waals surface area contributed by atoms with Crippen LogP contribution in [0.5, 0.6) is 5.75 Å². The summed E-state index contributed by atoms with van der Waals surface area (Å²) in [4.78, 5) is 0. The molecule has 0 aliphatic carbocycles. The fourth-order valence-corrected chi connectivity index (χ4v) is 1.00. The van der Waals surface area contributed by atoms with Crippen LogP contribution in [-0.4, -0.2) is 6.61 Å². The molecule has 0 N–H and O–H groups in total. The summed E-state index contributed by atoms with van der Waals surface area (Å²) in [6.45, 7) is -1.46. The zero-order valence-electron chi connectivity index (χ0n) is 7.36. The molecule has 1 aromatic rings. The Morgan fingerprint density at radius 3 is 2.43 bits per heavy atom. The topological polar surface area (TPSA) is 9.23 Å². The summed E-state index contributed by atoms with van der Waals surface area (Å²) in [5.74, 6) is -3.32. The lowest BCUT2D eigenvalue weighted by atomic mass is 10.1. The number of hydrogen-bond donors (Lipinski definition) is 0. The van der Waals surface area contributed by atoms with Gasteiger partial charge < -0.3 is 4.74 Å². The number of alkyl halides is 2. The van der Waals surface area contributed by atoms with E-state index in [1.165, 1.54) is 0 Å². The summed E-state index contributed by atoms with van der Waals surface area (Å²) >= 11 is 0. The van der Waals surface area contributed by atoms with E-state index in [9.17, 15) is 17.6 Å². The van der Waals surface area contributed by atoms with Crippen molar-refractivity contribution < 1.29 is 22.3 Å². The Labute approximate surface area is 78.3 Å². The van der Waals surface area contributed by atoms with Crippen LogP contribution < -0.4 is 4.74 Å². The van der Waals surface area contributed by atoms with Gasteiger partial charge in [0.25, 0.3) is 0 Å². The predicted molar refractivity (Wildman–Crippen MR) is 42.4 cm³/mol. The summed E-state index contributed by atoms with van der Waals surface area (Å²) in [5.41, 5.74) is 0.402. The van der Waals surface area contributed by atoms with Gasteiger partial charge in [-0.3, -0.25) is 0 Å². The van der Waals surface area contributed by atoms with E-state index in [1.54, 1.807) is 6.92 Å². The summed E-state index contributed by atoms with van der Waals surface area (Å²) < 4.78 is 53.0. The summed E-state index contributed by atoms with van der Waals surface area (Å²) in [6.07, 6.45) is 0.413. The quantitative estimate of drug-likeness (QED) is 0.693. The molecule has 78 valence electrons. The Balaban J connectivity index is 3.07. The summed E-state index contributed by atoms with van der Waals surface area (Å²) in [6, 6.07) is 2.01. The van der Waals surface area contributed by atoms with Crippen LogP contribution in [0.15, 0.2) is 12.1 Å². The standard InChI is InChI=1S/C9H8F4O/c1-2-5-3-6(10)8(11)7(4-5)14-9(12)13/h3-4,9H,2H2,1H3. The molecule has 1 aromatic carbocycles. The number of benzene rings is 1. The van der Waals surface area contributed by atoms with Gasteiger partial charge in [0, 0.05) is 0 Å². The average Bonchev–Trinajstić information content (AvgIpc) is 2.11. The monoisotopic (exact) mass is 208 g/mol. The number of ether oxygens (including phenoxy) is 1. The van der Waals surface area contributed by atoms with E-state index in [2.05, 4.69) is 4.74 Å². The van der Waals surface area contributed by atoms with E-state index < -0.39 is 24.0 Å². The van der Waals surface area contributed by atoms with Gasteiger partial charge in [-0.2, -0.15) is 13.2 Å². The molecule has 0 unspecified atom stereocenters. The van der Waals surface area contributed by atoms with Crippen LogP contribution in [0.4, 0.5) is 17.6 Å². The third kappa shape index (κ3) is 2.37. The zero-order valence-corrected chi connectivity index (χ0v) is 7.36. The number of hydrogen-bond acceptors (Lipinski definition) is 1. The second kappa shape index (κ2) is 4.30. The van der Waals surface area contributed by atoms with Crippen LogP contribution >= 0.6 is 0 Å². The van der Waals surface area contributed by atoms with E-state index in [4.69, 9.17) is 0 Å². The SMILES string of the molecule is CCc1cc(F)c(F)c(OC(F)F)c1. The first-order chi connectivity index (χ1) is 6.54.